The number of carbonyl (C=O) groups is 2. The first-order valence-electron chi connectivity index (χ1n) is 6.96. The van der Waals surface area contributed by atoms with Crippen LogP contribution in [0.1, 0.15) is 38.2 Å². The van der Waals surface area contributed by atoms with Crippen LogP contribution in [-0.4, -0.2) is 28.3 Å². The molecule has 1 N–H and O–H groups in total. The lowest BCUT2D eigenvalue weighted by atomic mass is 10.3. The number of nitrogens with zero attached hydrogens (tertiary/aromatic N) is 2. The van der Waals surface area contributed by atoms with Gasteiger partial charge in [-0.25, -0.2) is 4.79 Å². The highest BCUT2D eigenvalue weighted by Crippen LogP contribution is 2.36. The molecule has 134 valence electrons. The number of esters is 1. The van der Waals surface area contributed by atoms with Gasteiger partial charge in [-0.1, -0.05) is 0 Å². The summed E-state index contributed by atoms with van der Waals surface area (Å²) in [5.74, 6) is -1.24. The summed E-state index contributed by atoms with van der Waals surface area (Å²) in [6.45, 7) is 6.11. The zero-order valence-electron chi connectivity index (χ0n) is 13.5. The molecule has 0 aliphatic heterocycles. The van der Waals surface area contributed by atoms with E-state index in [1.165, 1.54) is 20.8 Å². The van der Waals surface area contributed by atoms with Gasteiger partial charge in [0.05, 0.1) is 16.8 Å². The summed E-state index contributed by atoms with van der Waals surface area (Å²) in [5, 5.41) is 5.90. The second-order valence-corrected chi connectivity index (χ2v) is 5.73. The van der Waals surface area contributed by atoms with Crippen molar-refractivity contribution in [3.05, 3.63) is 27.6 Å². The van der Waals surface area contributed by atoms with Gasteiger partial charge in [0.2, 0.25) is 5.91 Å². The molecule has 0 radical (unpaired) electrons. The first-order valence-corrected chi connectivity index (χ1v) is 7.76. The highest BCUT2D eigenvalue weighted by Gasteiger charge is 2.38. The first kappa shape index (κ1) is 20.2. The SMILES string of the molecule is CCOC(=O)/C=C(\C)NC(=O)C(C)n1nc(C(F)(F)F)c(Br)c1C. The molecule has 1 heterocycles. The van der Waals surface area contributed by atoms with Crippen LogP contribution in [0, 0.1) is 6.92 Å². The van der Waals surface area contributed by atoms with Gasteiger partial charge in [0, 0.05) is 11.8 Å². The number of halogens is 4. The maximum Gasteiger partial charge on any atom is 0.436 e. The minimum absolute atomic E-state index is 0.164. The zero-order valence-corrected chi connectivity index (χ0v) is 15.1. The van der Waals surface area contributed by atoms with Crippen LogP contribution in [0.25, 0.3) is 0 Å². The molecule has 1 aromatic heterocycles. The molecule has 0 bridgehead atoms. The Labute approximate surface area is 145 Å². The summed E-state index contributed by atoms with van der Waals surface area (Å²) < 4.78 is 44.1. The standard InChI is InChI=1S/C14H17BrF3N3O3/c1-5-24-10(22)6-7(2)19-13(23)9(4)21-8(3)11(15)12(20-21)14(16,17)18/h6,9H,5H2,1-4H3,(H,19,23)/b7-6+. The number of ether oxygens (including phenoxy) is 1. The normalized spacial score (nSPS) is 13.6. The Morgan fingerprint density at radius 3 is 2.50 bits per heavy atom. The van der Waals surface area contributed by atoms with E-state index in [0.29, 0.717) is 0 Å². The van der Waals surface area contributed by atoms with Gasteiger partial charge in [0.25, 0.3) is 0 Å². The molecule has 1 aromatic rings. The molecule has 0 aromatic carbocycles. The van der Waals surface area contributed by atoms with Crippen molar-refractivity contribution in [2.24, 2.45) is 0 Å². The molecule has 1 amide bonds. The number of carbonyl (C=O) groups excluding carboxylic acids is 2. The molecular formula is C14H17BrF3N3O3. The van der Waals surface area contributed by atoms with Gasteiger partial charge in [-0.15, -0.1) is 0 Å². The Hall–Kier alpha value is -1.84. The van der Waals surface area contributed by atoms with Crippen molar-refractivity contribution >= 4 is 27.8 Å². The number of hydrogen-bond donors (Lipinski definition) is 1. The van der Waals surface area contributed by atoms with E-state index < -0.39 is 29.8 Å². The fourth-order valence-corrected chi connectivity index (χ4v) is 2.35. The van der Waals surface area contributed by atoms with Crippen LogP contribution in [0.15, 0.2) is 16.2 Å². The smallest absolute Gasteiger partial charge is 0.436 e. The van der Waals surface area contributed by atoms with E-state index in [4.69, 9.17) is 4.74 Å². The Morgan fingerprint density at radius 2 is 2.04 bits per heavy atom. The lowest BCUT2D eigenvalue weighted by Gasteiger charge is -2.14. The fraction of sp³-hybridized carbons (Fsp3) is 0.500. The number of amides is 1. The lowest BCUT2D eigenvalue weighted by molar-refractivity contribution is -0.142. The van der Waals surface area contributed by atoms with Gasteiger partial charge < -0.3 is 10.1 Å². The van der Waals surface area contributed by atoms with E-state index in [-0.39, 0.29) is 22.5 Å². The molecule has 1 rings (SSSR count). The quantitative estimate of drug-likeness (QED) is 0.596. The monoisotopic (exact) mass is 411 g/mol. The summed E-state index contributed by atoms with van der Waals surface area (Å²) in [5.41, 5.74) is -0.722. The van der Waals surface area contributed by atoms with Crippen molar-refractivity contribution in [3.63, 3.8) is 0 Å². The predicted molar refractivity (Wildman–Crippen MR) is 82.9 cm³/mol. The van der Waals surface area contributed by atoms with Gasteiger partial charge in [-0.3, -0.25) is 9.48 Å². The minimum Gasteiger partial charge on any atom is -0.463 e. The van der Waals surface area contributed by atoms with E-state index in [2.05, 4.69) is 26.3 Å². The number of hydrogen-bond acceptors (Lipinski definition) is 4. The van der Waals surface area contributed by atoms with E-state index in [9.17, 15) is 22.8 Å². The van der Waals surface area contributed by atoms with Gasteiger partial charge in [-0.05, 0) is 43.6 Å². The van der Waals surface area contributed by atoms with E-state index >= 15 is 0 Å². The molecular weight excluding hydrogens is 395 g/mol. The third-order valence-corrected chi connectivity index (χ3v) is 3.98. The average Bonchev–Trinajstić information content (AvgIpc) is 2.74. The molecule has 6 nitrogen and oxygen atoms in total. The van der Waals surface area contributed by atoms with Crippen LogP contribution in [0.2, 0.25) is 0 Å². The van der Waals surface area contributed by atoms with Crippen LogP contribution in [-0.2, 0) is 20.5 Å². The molecule has 24 heavy (non-hydrogen) atoms. The largest absolute Gasteiger partial charge is 0.463 e. The van der Waals surface area contributed by atoms with E-state index in [1.54, 1.807) is 6.92 Å². The highest BCUT2D eigenvalue weighted by molar-refractivity contribution is 9.10. The number of aromatic nitrogens is 2. The summed E-state index contributed by atoms with van der Waals surface area (Å²) in [6, 6.07) is -1.01. The third-order valence-electron chi connectivity index (χ3n) is 3.03. The second-order valence-electron chi connectivity index (χ2n) is 4.93. The Morgan fingerprint density at radius 1 is 1.46 bits per heavy atom. The summed E-state index contributed by atoms with van der Waals surface area (Å²) >= 11 is 2.85. The maximum absolute atomic E-state index is 12.9. The lowest BCUT2D eigenvalue weighted by Crippen LogP contribution is -2.31. The Balaban J connectivity index is 2.97. The summed E-state index contributed by atoms with van der Waals surface area (Å²) in [6.07, 6.45) is -3.55. The number of nitrogens with one attached hydrogen (secondary N) is 1. The van der Waals surface area contributed by atoms with Gasteiger partial charge in [0.15, 0.2) is 5.69 Å². The minimum atomic E-state index is -4.63. The molecule has 0 aliphatic carbocycles. The van der Waals surface area contributed by atoms with E-state index in [1.807, 2.05) is 0 Å². The molecule has 10 heteroatoms. The Bertz CT molecular complexity index is 668. The zero-order chi connectivity index (χ0) is 18.7. The summed E-state index contributed by atoms with van der Waals surface area (Å²) in [4.78, 5) is 23.4. The number of allylic oxidation sites excluding steroid dienone is 1. The van der Waals surface area contributed by atoms with Crippen LogP contribution >= 0.6 is 15.9 Å². The Kier molecular flexibility index (Phi) is 6.58. The van der Waals surface area contributed by atoms with Gasteiger partial charge in [-0.2, -0.15) is 18.3 Å². The molecule has 0 spiro atoms. The second kappa shape index (κ2) is 7.82. The van der Waals surface area contributed by atoms with Gasteiger partial charge in [0.1, 0.15) is 6.04 Å². The molecule has 1 unspecified atom stereocenters. The van der Waals surface area contributed by atoms with Crippen LogP contribution < -0.4 is 5.32 Å². The average molecular weight is 412 g/mol. The van der Waals surface area contributed by atoms with Crippen molar-refractivity contribution < 1.29 is 27.5 Å². The van der Waals surface area contributed by atoms with Crippen molar-refractivity contribution in [2.75, 3.05) is 6.61 Å². The highest BCUT2D eigenvalue weighted by atomic mass is 79.9. The van der Waals surface area contributed by atoms with Crippen LogP contribution in [0.5, 0.6) is 0 Å². The maximum atomic E-state index is 12.9. The molecule has 0 saturated heterocycles. The van der Waals surface area contributed by atoms with Crippen LogP contribution in [0.4, 0.5) is 13.2 Å². The number of rotatable bonds is 5. The topological polar surface area (TPSA) is 73.2 Å². The van der Waals surface area contributed by atoms with E-state index in [0.717, 1.165) is 10.8 Å². The van der Waals surface area contributed by atoms with Crippen molar-refractivity contribution in [3.8, 4) is 0 Å². The number of alkyl halides is 3. The fourth-order valence-electron chi connectivity index (χ4n) is 1.86. The van der Waals surface area contributed by atoms with Gasteiger partial charge >= 0.3 is 12.1 Å². The van der Waals surface area contributed by atoms with Crippen molar-refractivity contribution in [1.29, 1.82) is 0 Å². The first-order chi connectivity index (χ1) is 11.0. The molecule has 0 saturated carbocycles. The molecule has 1 atom stereocenters. The molecule has 0 aliphatic rings. The third kappa shape index (κ3) is 4.83. The van der Waals surface area contributed by atoms with Crippen LogP contribution in [0.3, 0.4) is 0 Å². The van der Waals surface area contributed by atoms with Crippen molar-refractivity contribution in [1.82, 2.24) is 15.1 Å². The predicted octanol–water partition coefficient (Wildman–Crippen LogP) is 3.12. The summed E-state index contributed by atoms with van der Waals surface area (Å²) in [7, 11) is 0. The van der Waals surface area contributed by atoms with Crippen molar-refractivity contribution in [2.45, 2.75) is 39.9 Å². The molecule has 0 fully saturated rings.